The summed E-state index contributed by atoms with van der Waals surface area (Å²) in [6.45, 7) is -0.107. The maximum Gasteiger partial charge on any atom is 0.416 e. The van der Waals surface area contributed by atoms with Crippen molar-refractivity contribution in [2.75, 3.05) is 26.0 Å². The smallest absolute Gasteiger partial charge is 0.416 e. The molecule has 0 saturated carbocycles. The molecule has 0 bridgehead atoms. The highest BCUT2D eigenvalue weighted by Gasteiger charge is 2.30. The molecule has 0 fully saturated rings. The van der Waals surface area contributed by atoms with Crippen molar-refractivity contribution in [3.63, 3.8) is 0 Å². The summed E-state index contributed by atoms with van der Waals surface area (Å²) >= 11 is 0. The number of benzene rings is 2. The van der Waals surface area contributed by atoms with Crippen LogP contribution in [0.25, 0.3) is 0 Å². The van der Waals surface area contributed by atoms with Gasteiger partial charge in [0.2, 0.25) is 0 Å². The summed E-state index contributed by atoms with van der Waals surface area (Å²) in [6.07, 6.45) is -4.45. The van der Waals surface area contributed by atoms with E-state index in [1.165, 1.54) is 4.90 Å². The Kier molecular flexibility index (Phi) is 5.86. The molecule has 0 aliphatic carbocycles. The minimum absolute atomic E-state index is 0.106. The van der Waals surface area contributed by atoms with Gasteiger partial charge in [0.25, 0.3) is 11.8 Å². The Morgan fingerprint density at radius 2 is 1.58 bits per heavy atom. The number of nitrogens with zero attached hydrogens (tertiary/aromatic N) is 1. The number of alkyl halides is 3. The Morgan fingerprint density at radius 1 is 1.00 bits per heavy atom. The third-order valence-corrected chi connectivity index (χ3v) is 3.45. The SMILES string of the molecule is CN(C)C(=O)COc1ccc(NC(=O)c2ccc(C(F)(F)F)cc2)cc1. The van der Waals surface area contributed by atoms with Gasteiger partial charge in [-0.25, -0.2) is 0 Å². The van der Waals surface area contributed by atoms with Gasteiger partial charge in [0.05, 0.1) is 5.56 Å². The number of anilines is 1. The summed E-state index contributed by atoms with van der Waals surface area (Å²) in [5, 5.41) is 2.58. The first kappa shape index (κ1) is 19.3. The number of carbonyl (C=O) groups is 2. The molecule has 1 N–H and O–H groups in total. The molecule has 0 saturated heterocycles. The molecule has 138 valence electrons. The van der Waals surface area contributed by atoms with Crippen LogP contribution in [0.1, 0.15) is 15.9 Å². The molecule has 0 aromatic heterocycles. The van der Waals surface area contributed by atoms with Gasteiger partial charge in [0.1, 0.15) is 5.75 Å². The van der Waals surface area contributed by atoms with Crippen molar-refractivity contribution < 1.29 is 27.5 Å². The molecule has 0 radical (unpaired) electrons. The number of ether oxygens (including phenoxy) is 1. The first-order chi connectivity index (χ1) is 12.2. The van der Waals surface area contributed by atoms with Crippen LogP contribution in [-0.2, 0) is 11.0 Å². The standard InChI is InChI=1S/C18H17F3N2O3/c1-23(2)16(24)11-26-15-9-7-14(8-10-15)22-17(25)12-3-5-13(6-4-12)18(19,20)21/h3-10H,11H2,1-2H3,(H,22,25). The summed E-state index contributed by atoms with van der Waals surface area (Å²) in [5.41, 5.74) is -0.265. The molecule has 0 spiro atoms. The van der Waals surface area contributed by atoms with E-state index in [2.05, 4.69) is 5.32 Å². The molecular formula is C18H17F3N2O3. The zero-order valence-electron chi connectivity index (χ0n) is 14.1. The van der Waals surface area contributed by atoms with Gasteiger partial charge in [-0.3, -0.25) is 9.59 Å². The van der Waals surface area contributed by atoms with Gasteiger partial charge < -0.3 is 15.0 Å². The number of rotatable bonds is 5. The first-order valence-electron chi connectivity index (χ1n) is 7.58. The van der Waals surface area contributed by atoms with Crippen molar-refractivity contribution in [2.24, 2.45) is 0 Å². The molecule has 2 aromatic rings. The average Bonchev–Trinajstić information content (AvgIpc) is 2.60. The van der Waals surface area contributed by atoms with Crippen molar-refractivity contribution in [3.05, 3.63) is 59.7 Å². The Balaban J connectivity index is 1.96. The van der Waals surface area contributed by atoms with E-state index in [0.717, 1.165) is 24.3 Å². The predicted molar refractivity (Wildman–Crippen MR) is 90.0 cm³/mol. The van der Waals surface area contributed by atoms with Crippen molar-refractivity contribution in [1.29, 1.82) is 0 Å². The van der Waals surface area contributed by atoms with Crippen molar-refractivity contribution in [2.45, 2.75) is 6.18 Å². The second-order valence-electron chi connectivity index (χ2n) is 5.63. The highest BCUT2D eigenvalue weighted by atomic mass is 19.4. The van der Waals surface area contributed by atoms with Gasteiger partial charge in [-0.15, -0.1) is 0 Å². The summed E-state index contributed by atoms with van der Waals surface area (Å²) in [5.74, 6) is -0.271. The molecule has 2 amide bonds. The lowest BCUT2D eigenvalue weighted by Gasteiger charge is -2.12. The fourth-order valence-corrected chi connectivity index (χ4v) is 1.92. The zero-order valence-corrected chi connectivity index (χ0v) is 14.1. The van der Waals surface area contributed by atoms with Crippen LogP contribution >= 0.6 is 0 Å². The molecule has 0 aliphatic heterocycles. The minimum Gasteiger partial charge on any atom is -0.484 e. The monoisotopic (exact) mass is 366 g/mol. The molecular weight excluding hydrogens is 349 g/mol. The quantitative estimate of drug-likeness (QED) is 0.882. The highest BCUT2D eigenvalue weighted by molar-refractivity contribution is 6.04. The summed E-state index contributed by atoms with van der Waals surface area (Å²) in [6, 6.07) is 10.2. The Labute approximate surface area is 148 Å². The Hall–Kier alpha value is -3.03. The van der Waals surface area contributed by atoms with E-state index in [1.807, 2.05) is 0 Å². The van der Waals surface area contributed by atoms with E-state index >= 15 is 0 Å². The van der Waals surface area contributed by atoms with Crippen molar-refractivity contribution in [3.8, 4) is 5.75 Å². The summed E-state index contributed by atoms with van der Waals surface area (Å²) in [4.78, 5) is 24.9. The maximum absolute atomic E-state index is 12.5. The maximum atomic E-state index is 12.5. The molecule has 0 heterocycles. The van der Waals surface area contributed by atoms with Gasteiger partial charge in [-0.1, -0.05) is 0 Å². The van der Waals surface area contributed by atoms with E-state index < -0.39 is 17.6 Å². The van der Waals surface area contributed by atoms with Crippen LogP contribution in [0.2, 0.25) is 0 Å². The first-order valence-corrected chi connectivity index (χ1v) is 7.58. The van der Waals surface area contributed by atoms with Crippen LogP contribution in [-0.4, -0.2) is 37.4 Å². The van der Waals surface area contributed by atoms with E-state index in [-0.39, 0.29) is 18.1 Å². The van der Waals surface area contributed by atoms with Crippen LogP contribution in [0.4, 0.5) is 18.9 Å². The van der Waals surface area contributed by atoms with Gasteiger partial charge in [-0.2, -0.15) is 13.2 Å². The largest absolute Gasteiger partial charge is 0.484 e. The highest BCUT2D eigenvalue weighted by Crippen LogP contribution is 2.29. The van der Waals surface area contributed by atoms with Crippen LogP contribution in [0.3, 0.4) is 0 Å². The number of carbonyl (C=O) groups excluding carboxylic acids is 2. The Bertz CT molecular complexity index is 770. The van der Waals surface area contributed by atoms with Gasteiger partial charge in [-0.05, 0) is 48.5 Å². The van der Waals surface area contributed by atoms with E-state index in [0.29, 0.717) is 11.4 Å². The molecule has 26 heavy (non-hydrogen) atoms. The lowest BCUT2D eigenvalue weighted by atomic mass is 10.1. The normalized spacial score (nSPS) is 11.0. The molecule has 2 aromatic carbocycles. The molecule has 8 heteroatoms. The summed E-state index contributed by atoms with van der Waals surface area (Å²) in [7, 11) is 3.23. The predicted octanol–water partition coefficient (Wildman–Crippen LogP) is 3.42. The molecule has 2 rings (SSSR count). The number of hydrogen-bond acceptors (Lipinski definition) is 3. The lowest BCUT2D eigenvalue weighted by molar-refractivity contribution is -0.137. The van der Waals surface area contributed by atoms with Gasteiger partial charge in [0, 0.05) is 25.3 Å². The van der Waals surface area contributed by atoms with Gasteiger partial charge in [0.15, 0.2) is 6.61 Å². The number of nitrogens with one attached hydrogen (secondary N) is 1. The van der Waals surface area contributed by atoms with Crippen molar-refractivity contribution >= 4 is 17.5 Å². The number of likely N-dealkylation sites (N-methyl/N-ethyl adjacent to an activating group) is 1. The molecule has 0 atom stereocenters. The second kappa shape index (κ2) is 7.90. The number of amides is 2. The third-order valence-electron chi connectivity index (χ3n) is 3.45. The number of hydrogen-bond donors (Lipinski definition) is 1. The van der Waals surface area contributed by atoms with Crippen molar-refractivity contribution in [1.82, 2.24) is 4.90 Å². The Morgan fingerprint density at radius 3 is 2.08 bits per heavy atom. The average molecular weight is 366 g/mol. The number of halogens is 3. The fraction of sp³-hybridized carbons (Fsp3) is 0.222. The lowest BCUT2D eigenvalue weighted by Crippen LogP contribution is -2.27. The zero-order chi connectivity index (χ0) is 19.3. The summed E-state index contributed by atoms with van der Waals surface area (Å²) < 4.78 is 42.9. The second-order valence-corrected chi connectivity index (χ2v) is 5.63. The van der Waals surface area contributed by atoms with Crippen LogP contribution < -0.4 is 10.1 Å². The van der Waals surface area contributed by atoms with Crippen LogP contribution in [0.5, 0.6) is 5.75 Å². The topological polar surface area (TPSA) is 58.6 Å². The van der Waals surface area contributed by atoms with Crippen LogP contribution in [0, 0.1) is 0 Å². The minimum atomic E-state index is -4.45. The molecule has 0 unspecified atom stereocenters. The van der Waals surface area contributed by atoms with E-state index in [1.54, 1.807) is 38.4 Å². The fourth-order valence-electron chi connectivity index (χ4n) is 1.92. The molecule has 5 nitrogen and oxygen atoms in total. The molecule has 0 aliphatic rings. The third kappa shape index (κ3) is 5.23. The van der Waals surface area contributed by atoms with E-state index in [9.17, 15) is 22.8 Å². The van der Waals surface area contributed by atoms with Crippen LogP contribution in [0.15, 0.2) is 48.5 Å². The van der Waals surface area contributed by atoms with Gasteiger partial charge >= 0.3 is 6.18 Å². The van der Waals surface area contributed by atoms with E-state index in [4.69, 9.17) is 4.74 Å².